The summed E-state index contributed by atoms with van der Waals surface area (Å²) < 4.78 is 0. The van der Waals surface area contributed by atoms with Crippen molar-refractivity contribution in [3.8, 4) is 0 Å². The summed E-state index contributed by atoms with van der Waals surface area (Å²) in [6.45, 7) is 6.40. The molecular weight excluding hydrogens is 266 g/mol. The maximum absolute atomic E-state index is 11.5. The second-order valence-corrected chi connectivity index (χ2v) is 6.59. The smallest absolute Gasteiger partial charge is 0.224 e. The molecule has 5 heteroatoms. The van der Waals surface area contributed by atoms with Crippen molar-refractivity contribution in [2.45, 2.75) is 45.6 Å². The fourth-order valence-electron chi connectivity index (χ4n) is 2.84. The Labute approximate surface area is 125 Å². The maximum atomic E-state index is 11.5. The lowest BCUT2D eigenvalue weighted by molar-refractivity contribution is -0.116. The van der Waals surface area contributed by atoms with Gasteiger partial charge in [-0.05, 0) is 43.4 Å². The van der Waals surface area contributed by atoms with E-state index in [0.29, 0.717) is 31.0 Å². The summed E-state index contributed by atoms with van der Waals surface area (Å²) >= 11 is 0. The maximum Gasteiger partial charge on any atom is 0.224 e. The van der Waals surface area contributed by atoms with Crippen LogP contribution in [-0.4, -0.2) is 23.2 Å². The normalized spacial score (nSPS) is 17.1. The molecule has 0 aromatic heterocycles. The zero-order valence-corrected chi connectivity index (χ0v) is 13.0. The van der Waals surface area contributed by atoms with Gasteiger partial charge < -0.3 is 21.5 Å². The Morgan fingerprint density at radius 3 is 2.81 bits per heavy atom. The van der Waals surface area contributed by atoms with Crippen LogP contribution >= 0.6 is 0 Å². The minimum Gasteiger partial charge on any atom is -0.397 e. The van der Waals surface area contributed by atoms with Crippen molar-refractivity contribution in [3.05, 3.63) is 17.7 Å². The highest BCUT2D eigenvalue weighted by Gasteiger charge is 2.22. The molecule has 1 aromatic rings. The Morgan fingerprint density at radius 2 is 2.14 bits per heavy atom. The first kappa shape index (κ1) is 15.6. The number of anilines is 3. The number of hydrogen-bond donors (Lipinski definition) is 4. The number of aryl methyl sites for hydroxylation is 1. The number of carbonyl (C=O) groups is 1. The van der Waals surface area contributed by atoms with Crippen molar-refractivity contribution < 1.29 is 9.90 Å². The van der Waals surface area contributed by atoms with Crippen molar-refractivity contribution in [1.82, 2.24) is 0 Å². The molecule has 1 atom stereocenters. The minimum atomic E-state index is -0.792. The first-order chi connectivity index (χ1) is 9.77. The average molecular weight is 291 g/mol. The summed E-state index contributed by atoms with van der Waals surface area (Å²) in [5, 5.41) is 16.4. The third-order valence-corrected chi connectivity index (χ3v) is 3.68. The van der Waals surface area contributed by atoms with Gasteiger partial charge in [-0.15, -0.1) is 0 Å². The highest BCUT2D eigenvalue weighted by atomic mass is 16.3. The third kappa shape index (κ3) is 4.11. The van der Waals surface area contributed by atoms with E-state index < -0.39 is 5.60 Å². The van der Waals surface area contributed by atoms with E-state index in [4.69, 9.17) is 5.73 Å². The van der Waals surface area contributed by atoms with Crippen molar-refractivity contribution in [2.75, 3.05) is 22.9 Å². The topological polar surface area (TPSA) is 87.4 Å². The number of aliphatic hydroxyl groups is 1. The number of carbonyl (C=O) groups excluding carboxylic acids is 1. The molecule has 5 N–H and O–H groups in total. The summed E-state index contributed by atoms with van der Waals surface area (Å²) in [4.78, 5) is 11.5. The first-order valence-electron chi connectivity index (χ1n) is 7.45. The van der Waals surface area contributed by atoms with Crippen LogP contribution < -0.4 is 16.4 Å². The molecule has 0 fully saturated rings. The zero-order chi connectivity index (χ0) is 15.6. The van der Waals surface area contributed by atoms with Gasteiger partial charge in [0.15, 0.2) is 0 Å². The highest BCUT2D eigenvalue weighted by molar-refractivity contribution is 5.95. The van der Waals surface area contributed by atoms with Crippen molar-refractivity contribution >= 4 is 23.0 Å². The van der Waals surface area contributed by atoms with Gasteiger partial charge >= 0.3 is 0 Å². The third-order valence-electron chi connectivity index (χ3n) is 3.68. The Bertz CT molecular complexity index is 539. The van der Waals surface area contributed by atoms with Crippen LogP contribution in [0.3, 0.4) is 0 Å². The number of amides is 1. The van der Waals surface area contributed by atoms with Gasteiger partial charge in [-0.3, -0.25) is 4.79 Å². The SMILES string of the molecule is CC(C)CC(C)(O)CNc1cc2c(cc1N)CCC(=O)N2. The lowest BCUT2D eigenvalue weighted by Gasteiger charge is -2.27. The standard InChI is InChI=1S/C16H25N3O2/c1-10(2)8-16(3,21)9-18-14-7-13-11(6-12(14)17)4-5-15(20)19-13/h6-7,10,18,21H,4-5,8-9,17H2,1-3H3,(H,19,20). The molecule has 0 radical (unpaired) electrons. The number of hydrogen-bond acceptors (Lipinski definition) is 4. The van der Waals surface area contributed by atoms with Crippen LogP contribution in [0.1, 0.15) is 39.2 Å². The molecule has 1 aliphatic rings. The quantitative estimate of drug-likeness (QED) is 0.627. The lowest BCUT2D eigenvalue weighted by atomic mass is 9.94. The molecule has 0 saturated carbocycles. The van der Waals surface area contributed by atoms with E-state index >= 15 is 0 Å². The minimum absolute atomic E-state index is 0.0324. The molecular formula is C16H25N3O2. The van der Waals surface area contributed by atoms with Crippen LogP contribution in [0, 0.1) is 5.92 Å². The average Bonchev–Trinajstić information content (AvgIpc) is 2.35. The van der Waals surface area contributed by atoms with E-state index in [1.807, 2.05) is 19.1 Å². The lowest BCUT2D eigenvalue weighted by Crippen LogP contribution is -2.35. The van der Waals surface area contributed by atoms with Gasteiger partial charge in [0.25, 0.3) is 0 Å². The Hall–Kier alpha value is -1.75. The van der Waals surface area contributed by atoms with Gasteiger partial charge in [-0.1, -0.05) is 13.8 Å². The molecule has 0 aliphatic carbocycles. The van der Waals surface area contributed by atoms with Gasteiger partial charge in [-0.25, -0.2) is 0 Å². The van der Waals surface area contributed by atoms with Crippen molar-refractivity contribution in [3.63, 3.8) is 0 Å². The molecule has 5 nitrogen and oxygen atoms in total. The van der Waals surface area contributed by atoms with E-state index in [-0.39, 0.29) is 5.91 Å². The molecule has 1 aliphatic heterocycles. The molecule has 21 heavy (non-hydrogen) atoms. The molecule has 0 bridgehead atoms. The number of rotatable bonds is 5. The Balaban J connectivity index is 2.10. The Morgan fingerprint density at radius 1 is 1.43 bits per heavy atom. The van der Waals surface area contributed by atoms with E-state index in [0.717, 1.165) is 23.4 Å². The molecule has 1 heterocycles. The molecule has 0 spiro atoms. The molecule has 1 amide bonds. The first-order valence-corrected chi connectivity index (χ1v) is 7.45. The second kappa shape index (κ2) is 5.93. The van der Waals surface area contributed by atoms with Gasteiger partial charge in [-0.2, -0.15) is 0 Å². The van der Waals surface area contributed by atoms with Crippen molar-refractivity contribution in [1.29, 1.82) is 0 Å². The van der Waals surface area contributed by atoms with E-state index in [1.165, 1.54) is 0 Å². The summed E-state index contributed by atoms with van der Waals surface area (Å²) in [6.07, 6.45) is 1.93. The van der Waals surface area contributed by atoms with E-state index in [2.05, 4.69) is 24.5 Å². The summed E-state index contributed by atoms with van der Waals surface area (Å²) in [7, 11) is 0. The molecule has 116 valence electrons. The van der Waals surface area contributed by atoms with Gasteiger partial charge in [0.05, 0.1) is 17.0 Å². The largest absolute Gasteiger partial charge is 0.397 e. The highest BCUT2D eigenvalue weighted by Crippen LogP contribution is 2.31. The number of nitrogens with two attached hydrogens (primary N) is 1. The predicted octanol–water partition coefficient (Wildman–Crippen LogP) is 2.36. The summed E-state index contributed by atoms with van der Waals surface area (Å²) in [5.41, 5.74) is 8.53. The fraction of sp³-hybridized carbons (Fsp3) is 0.562. The van der Waals surface area contributed by atoms with Crippen LogP contribution in [0.4, 0.5) is 17.1 Å². The van der Waals surface area contributed by atoms with Gasteiger partial charge in [0, 0.05) is 18.7 Å². The zero-order valence-electron chi connectivity index (χ0n) is 13.0. The number of benzene rings is 1. The second-order valence-electron chi connectivity index (χ2n) is 6.59. The number of nitrogens with one attached hydrogen (secondary N) is 2. The van der Waals surface area contributed by atoms with Crippen LogP contribution in [0.2, 0.25) is 0 Å². The van der Waals surface area contributed by atoms with Crippen LogP contribution in [0.15, 0.2) is 12.1 Å². The van der Waals surface area contributed by atoms with Crippen LogP contribution in [0.25, 0.3) is 0 Å². The fourth-order valence-corrected chi connectivity index (χ4v) is 2.84. The molecule has 1 unspecified atom stereocenters. The van der Waals surface area contributed by atoms with Crippen LogP contribution in [0.5, 0.6) is 0 Å². The molecule has 1 aromatic carbocycles. The van der Waals surface area contributed by atoms with Gasteiger partial charge in [0.2, 0.25) is 5.91 Å². The molecule has 2 rings (SSSR count). The number of fused-ring (bicyclic) bond motifs is 1. The van der Waals surface area contributed by atoms with Crippen molar-refractivity contribution in [2.24, 2.45) is 5.92 Å². The monoisotopic (exact) mass is 291 g/mol. The van der Waals surface area contributed by atoms with Gasteiger partial charge in [0.1, 0.15) is 0 Å². The number of nitrogen functional groups attached to an aromatic ring is 1. The summed E-state index contributed by atoms with van der Waals surface area (Å²) in [6, 6.07) is 3.75. The predicted molar refractivity (Wildman–Crippen MR) is 86.4 cm³/mol. The van der Waals surface area contributed by atoms with E-state index in [9.17, 15) is 9.90 Å². The molecule has 0 saturated heterocycles. The Kier molecular flexibility index (Phi) is 4.42. The van der Waals surface area contributed by atoms with Crippen LogP contribution in [-0.2, 0) is 11.2 Å². The van der Waals surface area contributed by atoms with E-state index in [1.54, 1.807) is 0 Å². The summed E-state index contributed by atoms with van der Waals surface area (Å²) in [5.74, 6) is 0.451.